The van der Waals surface area contributed by atoms with Gasteiger partial charge in [0.05, 0.1) is 27.0 Å². The molecule has 2 unspecified atom stereocenters. The van der Waals surface area contributed by atoms with Crippen LogP contribution in [0.4, 0.5) is 11.4 Å². The molecule has 46 heavy (non-hydrogen) atoms. The van der Waals surface area contributed by atoms with E-state index in [0.29, 0.717) is 0 Å². The number of benzene rings is 6. The molecule has 0 spiro atoms. The third kappa shape index (κ3) is 3.52. The first-order chi connectivity index (χ1) is 22.7. The number of nitrogens with zero attached hydrogens (tertiary/aromatic N) is 2. The first-order valence-corrected chi connectivity index (χ1v) is 16.8. The summed E-state index contributed by atoms with van der Waals surface area (Å²) < 4.78 is 5.07. The van der Waals surface area contributed by atoms with Crippen molar-refractivity contribution in [3.63, 3.8) is 0 Å². The van der Waals surface area contributed by atoms with Crippen molar-refractivity contribution < 1.29 is 0 Å². The Hall–Kier alpha value is -5.38. The van der Waals surface area contributed by atoms with Crippen molar-refractivity contribution in [3.05, 3.63) is 169 Å². The van der Waals surface area contributed by atoms with Crippen molar-refractivity contribution in [2.75, 3.05) is 4.90 Å². The largest absolute Gasteiger partial charge is 0.330 e. The number of thiophene rings is 1. The van der Waals surface area contributed by atoms with Crippen LogP contribution in [0.25, 0.3) is 53.2 Å². The molecule has 3 heterocycles. The Kier molecular flexibility index (Phi) is 5.38. The summed E-state index contributed by atoms with van der Waals surface area (Å²) in [6, 6.07) is 51.1. The van der Waals surface area contributed by atoms with Crippen LogP contribution in [0.1, 0.15) is 24.0 Å². The van der Waals surface area contributed by atoms with Gasteiger partial charge < -0.3 is 9.47 Å². The number of allylic oxidation sites excluding steroid dienone is 2. The Balaban J connectivity index is 1.13. The van der Waals surface area contributed by atoms with Crippen molar-refractivity contribution in [3.8, 4) is 5.69 Å². The number of fused-ring (bicyclic) bond motifs is 9. The normalized spacial score (nSPS) is 18.8. The van der Waals surface area contributed by atoms with E-state index in [9.17, 15) is 0 Å². The molecule has 3 heteroatoms. The zero-order valence-corrected chi connectivity index (χ0v) is 26.2. The number of hydrogen-bond donors (Lipinski definition) is 0. The third-order valence-electron chi connectivity index (χ3n) is 10.2. The van der Waals surface area contributed by atoms with Crippen molar-refractivity contribution in [1.82, 2.24) is 4.57 Å². The van der Waals surface area contributed by atoms with E-state index in [0.717, 1.165) is 0 Å². The van der Waals surface area contributed by atoms with Crippen molar-refractivity contribution in [2.45, 2.75) is 18.4 Å². The van der Waals surface area contributed by atoms with Gasteiger partial charge >= 0.3 is 0 Å². The average Bonchev–Trinajstić information content (AvgIpc) is 3.74. The number of rotatable bonds is 3. The van der Waals surface area contributed by atoms with Crippen LogP contribution in [0.3, 0.4) is 0 Å². The van der Waals surface area contributed by atoms with Gasteiger partial charge in [-0.05, 0) is 72.2 Å². The third-order valence-corrected chi connectivity index (χ3v) is 11.4. The highest BCUT2D eigenvalue weighted by Crippen LogP contribution is 2.57. The van der Waals surface area contributed by atoms with Crippen LogP contribution in [0.5, 0.6) is 0 Å². The molecular formula is C43H30N2S. The summed E-state index contributed by atoms with van der Waals surface area (Å²) in [5.41, 5.74) is 9.91. The molecule has 2 nitrogen and oxygen atoms in total. The minimum absolute atomic E-state index is 0.217. The molecule has 0 bridgehead atoms. The second-order valence-corrected chi connectivity index (χ2v) is 13.8. The zero-order valence-electron chi connectivity index (χ0n) is 25.4. The van der Waals surface area contributed by atoms with E-state index in [4.69, 9.17) is 0 Å². The lowest BCUT2D eigenvalue weighted by Gasteiger charge is -2.40. The van der Waals surface area contributed by atoms with Gasteiger partial charge in [-0.1, -0.05) is 109 Å². The molecule has 1 aliphatic carbocycles. The minimum atomic E-state index is -0.231. The zero-order chi connectivity index (χ0) is 30.4. The van der Waals surface area contributed by atoms with E-state index in [2.05, 4.69) is 174 Å². The van der Waals surface area contributed by atoms with Gasteiger partial charge in [0.25, 0.3) is 0 Å². The Bertz CT molecular complexity index is 2570. The molecule has 8 aromatic rings. The lowest BCUT2D eigenvalue weighted by atomic mass is 9.77. The van der Waals surface area contributed by atoms with Gasteiger partial charge in [0.2, 0.25) is 0 Å². The highest BCUT2D eigenvalue weighted by molar-refractivity contribution is 7.26. The monoisotopic (exact) mass is 606 g/mol. The smallest absolute Gasteiger partial charge is 0.0713 e. The summed E-state index contributed by atoms with van der Waals surface area (Å²) in [7, 11) is 0. The van der Waals surface area contributed by atoms with Gasteiger partial charge in [0.15, 0.2) is 0 Å². The Morgan fingerprint density at radius 2 is 1.33 bits per heavy atom. The molecule has 218 valence electrons. The van der Waals surface area contributed by atoms with Crippen LogP contribution in [0.15, 0.2) is 158 Å². The standard InChI is InChI=1S/C43H30N2S/c1-43-25-24-29(28-22-23-38-35(26-28)31-14-5-8-18-37(31)44(38)30-12-3-2-4-13-30)27-36(43)34-16-6-9-19-39(34)45(43)40-20-11-17-33-32-15-7-10-21-41(32)46-42(33)40/h2-27,36H,1H3. The lowest BCUT2D eigenvalue weighted by molar-refractivity contribution is 0.545. The topological polar surface area (TPSA) is 8.17 Å². The predicted molar refractivity (Wildman–Crippen MR) is 197 cm³/mol. The maximum atomic E-state index is 2.60. The average molecular weight is 607 g/mol. The quantitative estimate of drug-likeness (QED) is 0.194. The van der Waals surface area contributed by atoms with E-state index < -0.39 is 0 Å². The minimum Gasteiger partial charge on any atom is -0.330 e. The molecule has 0 N–H and O–H groups in total. The SMILES string of the molecule is CC12C=CC(c3ccc4c(c3)c3ccccc3n4-c3ccccc3)=CC1c1ccccc1N2c1cccc2c1sc1ccccc12. The molecule has 1 aliphatic heterocycles. The summed E-state index contributed by atoms with van der Waals surface area (Å²) in [6.45, 7) is 2.41. The maximum absolute atomic E-state index is 2.60. The first kappa shape index (κ1) is 25.9. The number of para-hydroxylation sites is 3. The second-order valence-electron chi connectivity index (χ2n) is 12.7. The molecule has 0 saturated carbocycles. The summed E-state index contributed by atoms with van der Waals surface area (Å²) >= 11 is 1.90. The van der Waals surface area contributed by atoms with Crippen molar-refractivity contribution in [2.24, 2.45) is 0 Å². The fraction of sp³-hybridized carbons (Fsp3) is 0.0698. The molecule has 2 aromatic heterocycles. The van der Waals surface area contributed by atoms with E-state index in [1.165, 1.54) is 75.7 Å². The van der Waals surface area contributed by atoms with Crippen molar-refractivity contribution in [1.29, 1.82) is 0 Å². The van der Waals surface area contributed by atoms with E-state index in [-0.39, 0.29) is 11.5 Å². The van der Waals surface area contributed by atoms with Crippen LogP contribution in [0, 0.1) is 0 Å². The molecule has 10 rings (SSSR count). The predicted octanol–water partition coefficient (Wildman–Crippen LogP) is 11.8. The van der Waals surface area contributed by atoms with Gasteiger partial charge in [0.1, 0.15) is 0 Å². The van der Waals surface area contributed by atoms with Gasteiger partial charge in [-0.25, -0.2) is 0 Å². The lowest BCUT2D eigenvalue weighted by Crippen LogP contribution is -2.42. The van der Waals surface area contributed by atoms with E-state index in [1.807, 2.05) is 11.3 Å². The summed E-state index contributed by atoms with van der Waals surface area (Å²) in [6.07, 6.45) is 7.33. The summed E-state index contributed by atoms with van der Waals surface area (Å²) in [5.74, 6) is 0.217. The van der Waals surface area contributed by atoms with Crippen LogP contribution in [-0.4, -0.2) is 10.1 Å². The molecular weight excluding hydrogens is 577 g/mol. The molecule has 2 aliphatic rings. The second kappa shape index (κ2) is 9.56. The van der Waals surface area contributed by atoms with E-state index >= 15 is 0 Å². The number of anilines is 2. The van der Waals surface area contributed by atoms with Gasteiger partial charge in [-0.2, -0.15) is 0 Å². The Morgan fingerprint density at radius 1 is 0.609 bits per heavy atom. The maximum Gasteiger partial charge on any atom is 0.0713 e. The van der Waals surface area contributed by atoms with Gasteiger partial charge in [-0.15, -0.1) is 11.3 Å². The molecule has 0 fully saturated rings. The Labute approximate surface area is 271 Å². The Morgan fingerprint density at radius 3 is 2.24 bits per heavy atom. The first-order valence-electron chi connectivity index (χ1n) is 16.0. The number of hydrogen-bond acceptors (Lipinski definition) is 2. The molecule has 2 atom stereocenters. The molecule has 0 saturated heterocycles. The van der Waals surface area contributed by atoms with E-state index in [1.54, 1.807) is 0 Å². The van der Waals surface area contributed by atoms with Crippen molar-refractivity contribution >= 4 is 70.3 Å². The van der Waals surface area contributed by atoms with Gasteiger partial charge in [0, 0.05) is 43.5 Å². The fourth-order valence-corrected chi connectivity index (χ4v) is 9.30. The molecule has 0 radical (unpaired) electrons. The van der Waals surface area contributed by atoms with Crippen LogP contribution in [0.2, 0.25) is 0 Å². The highest BCUT2D eigenvalue weighted by atomic mass is 32.1. The number of aromatic nitrogens is 1. The van der Waals surface area contributed by atoms with Gasteiger partial charge in [-0.3, -0.25) is 0 Å². The summed E-state index contributed by atoms with van der Waals surface area (Å²) in [4.78, 5) is 2.60. The molecule has 0 amide bonds. The fourth-order valence-electron chi connectivity index (χ4n) is 8.10. The van der Waals surface area contributed by atoms with Crippen LogP contribution < -0.4 is 4.90 Å². The highest BCUT2D eigenvalue weighted by Gasteiger charge is 2.48. The van der Waals surface area contributed by atoms with Crippen LogP contribution in [-0.2, 0) is 0 Å². The molecule has 6 aromatic carbocycles. The summed E-state index contributed by atoms with van der Waals surface area (Å²) in [5, 5.41) is 5.23. The van der Waals surface area contributed by atoms with Crippen LogP contribution >= 0.6 is 11.3 Å².